The Morgan fingerprint density at radius 3 is 2.45 bits per heavy atom. The number of aromatic amines is 1. The zero-order chi connectivity index (χ0) is 21.0. The molecular weight excluding hydrogens is 431 g/mol. The van der Waals surface area contributed by atoms with Crippen LogP contribution in [0.25, 0.3) is 0 Å². The summed E-state index contributed by atoms with van der Waals surface area (Å²) >= 11 is 13.7. The van der Waals surface area contributed by atoms with E-state index in [1.165, 1.54) is 11.8 Å². The molecule has 152 valence electrons. The van der Waals surface area contributed by atoms with Gasteiger partial charge in [0.05, 0.1) is 5.69 Å². The number of halogens is 2. The second kappa shape index (κ2) is 9.52. The van der Waals surface area contributed by atoms with E-state index in [0.717, 1.165) is 21.2 Å². The molecular formula is C20H20Cl2N4O2S. The maximum absolute atomic E-state index is 11.5. The summed E-state index contributed by atoms with van der Waals surface area (Å²) in [5.74, 6) is 0.673. The van der Waals surface area contributed by atoms with Crippen molar-refractivity contribution in [1.82, 2.24) is 15.0 Å². The van der Waals surface area contributed by atoms with Gasteiger partial charge >= 0.3 is 6.09 Å². The van der Waals surface area contributed by atoms with E-state index in [1.807, 2.05) is 38.1 Å². The Morgan fingerprint density at radius 2 is 1.86 bits per heavy atom. The van der Waals surface area contributed by atoms with E-state index in [-0.39, 0.29) is 5.92 Å². The first-order chi connectivity index (χ1) is 13.8. The Hall–Kier alpha value is -2.22. The highest BCUT2D eigenvalue weighted by Crippen LogP contribution is 2.36. The lowest BCUT2D eigenvalue weighted by molar-refractivity contribution is 0.102. The number of H-pyrrole nitrogens is 1. The van der Waals surface area contributed by atoms with Crippen molar-refractivity contribution < 1.29 is 9.53 Å². The number of hydrogen-bond donors (Lipinski definition) is 2. The summed E-state index contributed by atoms with van der Waals surface area (Å²) in [4.78, 5) is 24.4. The van der Waals surface area contributed by atoms with E-state index < -0.39 is 12.2 Å². The molecule has 1 unspecified atom stereocenters. The number of primary amides is 1. The molecule has 2 aromatic heterocycles. The van der Waals surface area contributed by atoms with Gasteiger partial charge in [-0.05, 0) is 41.8 Å². The number of amides is 1. The maximum Gasteiger partial charge on any atom is 0.405 e. The van der Waals surface area contributed by atoms with Crippen molar-refractivity contribution in [3.63, 3.8) is 0 Å². The fourth-order valence-corrected chi connectivity index (χ4v) is 4.59. The summed E-state index contributed by atoms with van der Waals surface area (Å²) in [5, 5.41) is 1.94. The number of rotatable bonds is 7. The second-order valence-corrected chi connectivity index (χ2v) is 8.64. The van der Waals surface area contributed by atoms with Crippen LogP contribution in [0.4, 0.5) is 4.79 Å². The lowest BCUT2D eigenvalue weighted by Gasteiger charge is -2.14. The predicted molar refractivity (Wildman–Crippen MR) is 115 cm³/mol. The number of nitrogens with two attached hydrogens (primary N) is 1. The normalized spacial score (nSPS) is 12.2. The molecule has 0 spiro atoms. The minimum atomic E-state index is -0.859. The molecule has 0 saturated heterocycles. The molecule has 0 aliphatic heterocycles. The van der Waals surface area contributed by atoms with Gasteiger partial charge in [0.2, 0.25) is 0 Å². The third-order valence-corrected chi connectivity index (χ3v) is 5.48. The smallest absolute Gasteiger partial charge is 0.405 e. The molecule has 0 fully saturated rings. The number of hydrogen-bond acceptors (Lipinski definition) is 5. The van der Waals surface area contributed by atoms with Crippen LogP contribution in [-0.2, 0) is 11.2 Å². The number of benzene rings is 1. The summed E-state index contributed by atoms with van der Waals surface area (Å²) in [6.07, 6.45) is 2.28. The van der Waals surface area contributed by atoms with Crippen molar-refractivity contribution in [3.05, 3.63) is 69.9 Å². The van der Waals surface area contributed by atoms with Gasteiger partial charge in [-0.3, -0.25) is 4.98 Å². The van der Waals surface area contributed by atoms with Crippen LogP contribution in [0.15, 0.2) is 52.6 Å². The number of pyridine rings is 1. The van der Waals surface area contributed by atoms with Gasteiger partial charge in [-0.1, -0.05) is 48.8 Å². The zero-order valence-corrected chi connectivity index (χ0v) is 18.2. The zero-order valence-electron chi connectivity index (χ0n) is 15.9. The van der Waals surface area contributed by atoms with Crippen molar-refractivity contribution in [3.8, 4) is 0 Å². The van der Waals surface area contributed by atoms with Crippen molar-refractivity contribution in [2.45, 2.75) is 42.2 Å². The lowest BCUT2D eigenvalue weighted by atomic mass is 10.1. The minimum absolute atomic E-state index is 0.146. The van der Waals surface area contributed by atoms with E-state index in [2.05, 4.69) is 9.97 Å². The lowest BCUT2D eigenvalue weighted by Crippen LogP contribution is -2.20. The van der Waals surface area contributed by atoms with Gasteiger partial charge in [0.1, 0.15) is 10.9 Å². The Bertz CT molecular complexity index is 975. The number of carbonyl (C=O) groups excluding carboxylic acids is 1. The van der Waals surface area contributed by atoms with Crippen LogP contribution in [0.1, 0.15) is 43.0 Å². The molecule has 1 atom stereocenters. The molecule has 29 heavy (non-hydrogen) atoms. The van der Waals surface area contributed by atoms with Crippen molar-refractivity contribution in [2.24, 2.45) is 5.73 Å². The molecule has 3 rings (SSSR count). The molecule has 0 bridgehead atoms. The SMILES string of the molecule is CC(C)c1nc(C(Cc2ccncc2)OC(N)=O)[nH]c1Sc1cc(Cl)cc(Cl)c1. The van der Waals surface area contributed by atoms with E-state index in [1.54, 1.807) is 18.5 Å². The molecule has 0 aliphatic rings. The summed E-state index contributed by atoms with van der Waals surface area (Å²) in [6.45, 7) is 4.09. The first-order valence-electron chi connectivity index (χ1n) is 8.90. The Kier molecular flexibility index (Phi) is 7.05. The van der Waals surface area contributed by atoms with Gasteiger partial charge in [0, 0.05) is 33.8 Å². The molecule has 3 aromatic rings. The number of nitrogens with one attached hydrogen (secondary N) is 1. The molecule has 2 heterocycles. The first kappa shape index (κ1) is 21.5. The maximum atomic E-state index is 11.5. The number of carbonyl (C=O) groups is 1. The third-order valence-electron chi connectivity index (χ3n) is 4.05. The van der Waals surface area contributed by atoms with Gasteiger partial charge in [-0.2, -0.15) is 0 Å². The molecule has 3 N–H and O–H groups in total. The average molecular weight is 451 g/mol. The fraction of sp³-hybridized carbons (Fsp3) is 0.250. The van der Waals surface area contributed by atoms with Gasteiger partial charge in [0.25, 0.3) is 0 Å². The topological polar surface area (TPSA) is 93.9 Å². The minimum Gasteiger partial charge on any atom is -0.438 e. The quantitative estimate of drug-likeness (QED) is 0.476. The molecule has 6 nitrogen and oxygen atoms in total. The average Bonchev–Trinajstić information content (AvgIpc) is 3.05. The van der Waals surface area contributed by atoms with Crippen LogP contribution in [-0.4, -0.2) is 21.0 Å². The Morgan fingerprint density at radius 1 is 1.21 bits per heavy atom. The molecule has 1 aromatic carbocycles. The van der Waals surface area contributed by atoms with Gasteiger partial charge in [-0.25, -0.2) is 9.78 Å². The van der Waals surface area contributed by atoms with Crippen molar-refractivity contribution in [1.29, 1.82) is 0 Å². The van der Waals surface area contributed by atoms with E-state index in [4.69, 9.17) is 38.7 Å². The van der Waals surface area contributed by atoms with Crippen molar-refractivity contribution in [2.75, 3.05) is 0 Å². The van der Waals surface area contributed by atoms with E-state index in [0.29, 0.717) is 22.3 Å². The molecule has 0 radical (unpaired) electrons. The second-order valence-electron chi connectivity index (χ2n) is 6.68. The van der Waals surface area contributed by atoms with Gasteiger partial charge in [0.15, 0.2) is 6.10 Å². The molecule has 1 amide bonds. The summed E-state index contributed by atoms with van der Waals surface area (Å²) in [5.41, 5.74) is 7.10. The number of imidazole rings is 1. The number of ether oxygens (including phenoxy) is 1. The summed E-state index contributed by atoms with van der Waals surface area (Å²) in [7, 11) is 0. The highest BCUT2D eigenvalue weighted by Gasteiger charge is 2.24. The van der Waals surface area contributed by atoms with E-state index >= 15 is 0 Å². The first-order valence-corrected chi connectivity index (χ1v) is 10.5. The van der Waals surface area contributed by atoms with Crippen molar-refractivity contribution >= 4 is 41.1 Å². The molecule has 9 heteroatoms. The fourth-order valence-electron chi connectivity index (χ4n) is 2.78. The van der Waals surface area contributed by atoms with Crippen LogP contribution in [0, 0.1) is 0 Å². The highest BCUT2D eigenvalue weighted by atomic mass is 35.5. The van der Waals surface area contributed by atoms with Crippen LogP contribution in [0.3, 0.4) is 0 Å². The molecule has 0 aliphatic carbocycles. The number of nitrogens with zero attached hydrogens (tertiary/aromatic N) is 2. The van der Waals surface area contributed by atoms with Gasteiger partial charge in [-0.15, -0.1) is 0 Å². The standard InChI is InChI=1S/C20H20Cl2N4O2S/c1-11(2)17-19(29-15-9-13(21)8-14(22)10-15)26-18(25-17)16(28-20(23)27)7-12-3-5-24-6-4-12/h3-6,8-11,16H,7H2,1-2H3,(H2,23,27)(H,25,26). The predicted octanol–water partition coefficient (Wildman–Crippen LogP) is 5.77. The Balaban J connectivity index is 1.94. The largest absolute Gasteiger partial charge is 0.438 e. The summed E-state index contributed by atoms with van der Waals surface area (Å²) in [6, 6.07) is 9.05. The van der Waals surface area contributed by atoms with Crippen LogP contribution in [0.2, 0.25) is 10.0 Å². The Labute approximate surface area is 183 Å². The third kappa shape index (κ3) is 5.88. The van der Waals surface area contributed by atoms with E-state index in [9.17, 15) is 4.79 Å². The molecule has 0 saturated carbocycles. The monoisotopic (exact) mass is 450 g/mol. The summed E-state index contributed by atoms with van der Waals surface area (Å²) < 4.78 is 5.35. The highest BCUT2D eigenvalue weighted by molar-refractivity contribution is 7.99. The van der Waals surface area contributed by atoms with Crippen LogP contribution < -0.4 is 5.73 Å². The van der Waals surface area contributed by atoms with Gasteiger partial charge < -0.3 is 15.5 Å². The number of aromatic nitrogens is 3. The van der Waals surface area contributed by atoms with Crippen LogP contribution >= 0.6 is 35.0 Å². The van der Waals surface area contributed by atoms with Crippen LogP contribution in [0.5, 0.6) is 0 Å².